The van der Waals surface area contributed by atoms with Crippen molar-refractivity contribution in [2.24, 2.45) is 0 Å². The van der Waals surface area contributed by atoms with Gasteiger partial charge >= 0.3 is 0 Å². The van der Waals surface area contributed by atoms with Crippen molar-refractivity contribution in [2.45, 2.75) is 37.1 Å². The normalized spacial score (nSPS) is 19.7. The first-order valence-electron chi connectivity index (χ1n) is 9.78. The van der Waals surface area contributed by atoms with Crippen LogP contribution in [0, 0.1) is 11.3 Å². The predicted octanol–water partition coefficient (Wildman–Crippen LogP) is 2.76. The Hall–Kier alpha value is -3.47. The molecular formula is C21H23N7O. The molecule has 1 saturated heterocycles. The van der Waals surface area contributed by atoms with E-state index in [1.54, 1.807) is 11.1 Å². The van der Waals surface area contributed by atoms with Crippen LogP contribution in [0.2, 0.25) is 0 Å². The van der Waals surface area contributed by atoms with E-state index in [1.807, 2.05) is 24.3 Å². The standard InChI is InChI=1S/C21H23N7O/c1-2-19(29)28-11-3-4-17(13-28)25-20-26-18(12-23-27-20)24-16-7-5-15(6-8-16)21(14-22)9-10-21/h2,5-8,12,17H,1,3-4,9-11,13H2,(H2,24,25,26,27). The zero-order valence-corrected chi connectivity index (χ0v) is 16.1. The maximum atomic E-state index is 11.8. The lowest BCUT2D eigenvalue weighted by atomic mass is 9.98. The summed E-state index contributed by atoms with van der Waals surface area (Å²) >= 11 is 0. The molecule has 2 aliphatic rings. The first-order chi connectivity index (χ1) is 14.1. The number of nitrogens with zero attached hydrogens (tertiary/aromatic N) is 5. The third kappa shape index (κ3) is 4.19. The fourth-order valence-electron chi connectivity index (χ4n) is 3.64. The van der Waals surface area contributed by atoms with Crippen LogP contribution in [0.3, 0.4) is 0 Å². The van der Waals surface area contributed by atoms with Gasteiger partial charge in [0, 0.05) is 24.8 Å². The van der Waals surface area contributed by atoms with E-state index in [-0.39, 0.29) is 17.4 Å². The highest BCUT2D eigenvalue weighted by molar-refractivity contribution is 5.87. The molecule has 1 atom stereocenters. The molecule has 0 radical (unpaired) electrons. The van der Waals surface area contributed by atoms with Crippen LogP contribution in [0.4, 0.5) is 17.5 Å². The number of rotatable bonds is 6. The Balaban J connectivity index is 1.39. The largest absolute Gasteiger partial charge is 0.348 e. The summed E-state index contributed by atoms with van der Waals surface area (Å²) in [6.45, 7) is 4.89. The number of nitrogens with one attached hydrogen (secondary N) is 2. The third-order valence-electron chi connectivity index (χ3n) is 5.47. The van der Waals surface area contributed by atoms with Crippen LogP contribution in [-0.4, -0.2) is 45.1 Å². The van der Waals surface area contributed by atoms with Gasteiger partial charge in [-0.05, 0) is 49.5 Å². The Bertz CT molecular complexity index is 946. The first-order valence-corrected chi connectivity index (χ1v) is 9.78. The summed E-state index contributed by atoms with van der Waals surface area (Å²) in [6.07, 6.45) is 6.61. The van der Waals surface area contributed by atoms with Crippen molar-refractivity contribution in [1.29, 1.82) is 5.26 Å². The average Bonchev–Trinajstić information content (AvgIpc) is 3.55. The van der Waals surface area contributed by atoms with Gasteiger partial charge < -0.3 is 15.5 Å². The molecule has 4 rings (SSSR count). The molecule has 1 aliphatic heterocycles. The molecule has 1 aliphatic carbocycles. The number of anilines is 3. The maximum absolute atomic E-state index is 11.8. The molecule has 1 saturated carbocycles. The number of carbonyl (C=O) groups is 1. The van der Waals surface area contributed by atoms with Crippen molar-refractivity contribution in [3.63, 3.8) is 0 Å². The second-order valence-corrected chi connectivity index (χ2v) is 7.53. The van der Waals surface area contributed by atoms with Gasteiger partial charge in [0.15, 0.2) is 5.82 Å². The molecule has 148 valence electrons. The maximum Gasteiger partial charge on any atom is 0.246 e. The summed E-state index contributed by atoms with van der Waals surface area (Å²) in [5.74, 6) is 0.941. The third-order valence-corrected chi connectivity index (χ3v) is 5.47. The van der Waals surface area contributed by atoms with Crippen LogP contribution >= 0.6 is 0 Å². The van der Waals surface area contributed by atoms with Crippen LogP contribution < -0.4 is 10.6 Å². The zero-order valence-electron chi connectivity index (χ0n) is 16.1. The van der Waals surface area contributed by atoms with Gasteiger partial charge in [0.05, 0.1) is 17.7 Å². The molecule has 2 fully saturated rings. The summed E-state index contributed by atoms with van der Waals surface area (Å²) in [5.41, 5.74) is 1.64. The lowest BCUT2D eigenvalue weighted by molar-refractivity contribution is -0.127. The van der Waals surface area contributed by atoms with Crippen LogP contribution in [0.25, 0.3) is 0 Å². The van der Waals surface area contributed by atoms with Gasteiger partial charge in [-0.2, -0.15) is 15.3 Å². The predicted molar refractivity (Wildman–Crippen MR) is 109 cm³/mol. The highest BCUT2D eigenvalue weighted by atomic mass is 16.2. The number of benzene rings is 1. The summed E-state index contributed by atoms with van der Waals surface area (Å²) in [4.78, 5) is 18.1. The Morgan fingerprint density at radius 3 is 2.83 bits per heavy atom. The number of amides is 1. The molecule has 2 heterocycles. The molecule has 1 unspecified atom stereocenters. The molecule has 0 bridgehead atoms. The molecule has 1 aromatic heterocycles. The lowest BCUT2D eigenvalue weighted by Gasteiger charge is -2.32. The number of hydrogen-bond donors (Lipinski definition) is 2. The van der Waals surface area contributed by atoms with E-state index in [4.69, 9.17) is 0 Å². The van der Waals surface area contributed by atoms with E-state index in [9.17, 15) is 10.1 Å². The van der Waals surface area contributed by atoms with Crippen molar-refractivity contribution in [3.05, 3.63) is 48.7 Å². The van der Waals surface area contributed by atoms with Gasteiger partial charge in [-0.15, -0.1) is 5.10 Å². The Morgan fingerprint density at radius 2 is 2.14 bits per heavy atom. The molecule has 1 amide bonds. The molecule has 8 nitrogen and oxygen atoms in total. The molecular weight excluding hydrogens is 366 g/mol. The van der Waals surface area contributed by atoms with Gasteiger partial charge in [0.1, 0.15) is 0 Å². The highest BCUT2D eigenvalue weighted by Crippen LogP contribution is 2.47. The van der Waals surface area contributed by atoms with E-state index < -0.39 is 0 Å². The summed E-state index contributed by atoms with van der Waals surface area (Å²) in [6, 6.07) is 10.3. The Morgan fingerprint density at radius 1 is 1.34 bits per heavy atom. The highest BCUT2D eigenvalue weighted by Gasteiger charge is 2.44. The van der Waals surface area contributed by atoms with Crippen molar-refractivity contribution < 1.29 is 4.79 Å². The van der Waals surface area contributed by atoms with Gasteiger partial charge in [0.25, 0.3) is 0 Å². The van der Waals surface area contributed by atoms with E-state index >= 15 is 0 Å². The van der Waals surface area contributed by atoms with Crippen LogP contribution in [0.15, 0.2) is 43.1 Å². The molecule has 2 aromatic rings. The van der Waals surface area contributed by atoms with Crippen LogP contribution in [0.5, 0.6) is 0 Å². The van der Waals surface area contributed by atoms with Crippen molar-refractivity contribution in [1.82, 2.24) is 20.1 Å². The van der Waals surface area contributed by atoms with Crippen LogP contribution in [-0.2, 0) is 10.2 Å². The summed E-state index contributed by atoms with van der Waals surface area (Å²) < 4.78 is 0. The quantitative estimate of drug-likeness (QED) is 0.732. The van der Waals surface area contributed by atoms with E-state index in [2.05, 4.69) is 38.5 Å². The van der Waals surface area contributed by atoms with Gasteiger partial charge in [-0.3, -0.25) is 4.79 Å². The van der Waals surface area contributed by atoms with Crippen LogP contribution in [0.1, 0.15) is 31.2 Å². The fourth-order valence-corrected chi connectivity index (χ4v) is 3.64. The molecule has 1 aromatic carbocycles. The van der Waals surface area contributed by atoms with Gasteiger partial charge in [-0.25, -0.2) is 0 Å². The summed E-state index contributed by atoms with van der Waals surface area (Å²) in [5, 5.41) is 23.9. The smallest absolute Gasteiger partial charge is 0.246 e. The number of aromatic nitrogens is 3. The van der Waals surface area contributed by atoms with Gasteiger partial charge in [-0.1, -0.05) is 18.7 Å². The summed E-state index contributed by atoms with van der Waals surface area (Å²) in [7, 11) is 0. The minimum Gasteiger partial charge on any atom is -0.348 e. The van der Waals surface area contributed by atoms with Gasteiger partial charge in [0.2, 0.25) is 11.9 Å². The van der Waals surface area contributed by atoms with E-state index in [0.717, 1.165) is 43.5 Å². The zero-order chi connectivity index (χ0) is 20.3. The monoisotopic (exact) mass is 389 g/mol. The molecule has 29 heavy (non-hydrogen) atoms. The number of likely N-dealkylation sites (tertiary alicyclic amines) is 1. The SMILES string of the molecule is C=CC(=O)N1CCCC(Nc2nncc(Nc3ccc(C4(C#N)CC4)cc3)n2)C1. The first kappa shape index (κ1) is 18.9. The average molecular weight is 389 g/mol. The van der Waals surface area contributed by atoms with Crippen molar-refractivity contribution >= 4 is 23.4 Å². The minimum absolute atomic E-state index is 0.0567. The number of carbonyl (C=O) groups excluding carboxylic acids is 1. The van der Waals surface area contributed by atoms with E-state index in [1.165, 1.54) is 6.08 Å². The molecule has 2 N–H and O–H groups in total. The number of piperidine rings is 1. The van der Waals surface area contributed by atoms with Crippen molar-refractivity contribution in [2.75, 3.05) is 23.7 Å². The van der Waals surface area contributed by atoms with E-state index in [0.29, 0.717) is 18.3 Å². The number of nitriles is 1. The number of hydrogen-bond acceptors (Lipinski definition) is 7. The fraction of sp³-hybridized carbons (Fsp3) is 0.381. The minimum atomic E-state index is -0.285. The second-order valence-electron chi connectivity index (χ2n) is 7.53. The Labute approximate surface area is 169 Å². The lowest BCUT2D eigenvalue weighted by Crippen LogP contribution is -2.44. The topological polar surface area (TPSA) is 107 Å². The Kier molecular flexibility index (Phi) is 5.12. The molecule has 8 heteroatoms. The van der Waals surface area contributed by atoms with Crippen molar-refractivity contribution in [3.8, 4) is 6.07 Å². The second kappa shape index (κ2) is 7.87. The molecule has 0 spiro atoms.